The zero-order chi connectivity index (χ0) is 18.9. The van der Waals surface area contributed by atoms with Gasteiger partial charge in [0.05, 0.1) is 27.0 Å². The summed E-state index contributed by atoms with van der Waals surface area (Å²) in [6, 6.07) is 12.4. The lowest BCUT2D eigenvalue weighted by Gasteiger charge is -2.07. The van der Waals surface area contributed by atoms with Gasteiger partial charge in [-0.15, -0.1) is 0 Å². The Morgan fingerprint density at radius 1 is 1.08 bits per heavy atom. The predicted molar refractivity (Wildman–Crippen MR) is 98.8 cm³/mol. The highest BCUT2D eigenvalue weighted by molar-refractivity contribution is 5.97. The highest BCUT2D eigenvalue weighted by Crippen LogP contribution is 2.26. The van der Waals surface area contributed by atoms with Crippen molar-refractivity contribution in [2.24, 2.45) is 5.10 Å². The Morgan fingerprint density at radius 2 is 1.81 bits per heavy atom. The van der Waals surface area contributed by atoms with Crippen molar-refractivity contribution < 1.29 is 19.1 Å². The predicted octanol–water partition coefficient (Wildman–Crippen LogP) is 1.89. The summed E-state index contributed by atoms with van der Waals surface area (Å²) in [5.74, 6) is 0.437. The quantitative estimate of drug-likeness (QED) is 0.586. The zero-order valence-corrected chi connectivity index (χ0v) is 14.9. The van der Waals surface area contributed by atoms with E-state index >= 15 is 0 Å². The molecule has 0 heterocycles. The molecule has 0 aromatic heterocycles. The number of benzene rings is 2. The number of nitrogens with zero attached hydrogens (tertiary/aromatic N) is 1. The molecule has 2 aromatic carbocycles. The maximum absolute atomic E-state index is 12.0. The topological polar surface area (TPSA) is 89.0 Å². The summed E-state index contributed by atoms with van der Waals surface area (Å²) in [5.41, 5.74) is 4.47. The van der Waals surface area contributed by atoms with Crippen LogP contribution in [0.5, 0.6) is 11.5 Å². The third kappa shape index (κ3) is 5.07. The van der Waals surface area contributed by atoms with Crippen molar-refractivity contribution in [1.82, 2.24) is 10.7 Å². The molecule has 0 unspecified atom stereocenters. The van der Waals surface area contributed by atoms with E-state index < -0.39 is 5.91 Å². The maximum Gasteiger partial charge on any atom is 0.259 e. The minimum atomic E-state index is -0.427. The fourth-order valence-corrected chi connectivity index (χ4v) is 2.23. The fraction of sp³-hybridized carbons (Fsp3) is 0.211. The number of hydrazone groups is 1. The number of amides is 2. The lowest BCUT2D eigenvalue weighted by Crippen LogP contribution is -2.35. The minimum absolute atomic E-state index is 0.170. The first-order valence-corrected chi connectivity index (χ1v) is 7.93. The summed E-state index contributed by atoms with van der Waals surface area (Å²) in [6.45, 7) is 1.67. The van der Waals surface area contributed by atoms with Crippen LogP contribution in [0.25, 0.3) is 0 Å². The summed E-state index contributed by atoms with van der Waals surface area (Å²) in [6.07, 6.45) is 1.48. The van der Waals surface area contributed by atoms with Crippen LogP contribution in [-0.4, -0.2) is 38.8 Å². The van der Waals surface area contributed by atoms with E-state index in [0.717, 1.165) is 11.1 Å². The zero-order valence-electron chi connectivity index (χ0n) is 14.9. The van der Waals surface area contributed by atoms with Crippen LogP contribution < -0.4 is 20.2 Å². The number of methoxy groups -OCH3 is 2. The van der Waals surface area contributed by atoms with Crippen molar-refractivity contribution in [3.8, 4) is 11.5 Å². The van der Waals surface area contributed by atoms with E-state index in [1.807, 2.05) is 19.1 Å². The fourth-order valence-electron chi connectivity index (χ4n) is 2.23. The number of hydrogen-bond acceptors (Lipinski definition) is 5. The molecule has 0 aliphatic heterocycles. The molecule has 2 N–H and O–H groups in total. The maximum atomic E-state index is 12.0. The van der Waals surface area contributed by atoms with Crippen LogP contribution in [0.2, 0.25) is 0 Å². The number of ether oxygens (including phenoxy) is 2. The van der Waals surface area contributed by atoms with Gasteiger partial charge in [0.15, 0.2) is 11.5 Å². The van der Waals surface area contributed by atoms with Crippen molar-refractivity contribution in [3.05, 3.63) is 59.2 Å². The van der Waals surface area contributed by atoms with Gasteiger partial charge in [0.2, 0.25) is 0 Å². The lowest BCUT2D eigenvalue weighted by molar-refractivity contribution is -0.120. The average Bonchev–Trinajstić information content (AvgIpc) is 2.66. The molecule has 0 aliphatic rings. The van der Waals surface area contributed by atoms with E-state index in [4.69, 9.17) is 9.47 Å². The second kappa shape index (κ2) is 9.22. The van der Waals surface area contributed by atoms with E-state index in [-0.39, 0.29) is 12.5 Å². The molecule has 0 saturated carbocycles. The van der Waals surface area contributed by atoms with Gasteiger partial charge in [-0.1, -0.05) is 18.2 Å². The minimum Gasteiger partial charge on any atom is -0.493 e. The molecule has 0 fully saturated rings. The van der Waals surface area contributed by atoms with Crippen molar-refractivity contribution in [2.45, 2.75) is 6.92 Å². The summed E-state index contributed by atoms with van der Waals surface area (Å²) >= 11 is 0. The van der Waals surface area contributed by atoms with Crippen molar-refractivity contribution in [3.63, 3.8) is 0 Å². The Labute approximate surface area is 152 Å². The van der Waals surface area contributed by atoms with Crippen LogP contribution in [0.4, 0.5) is 0 Å². The van der Waals surface area contributed by atoms with E-state index in [2.05, 4.69) is 15.8 Å². The molecule has 2 amide bonds. The van der Waals surface area contributed by atoms with Crippen molar-refractivity contribution in [2.75, 3.05) is 20.8 Å². The van der Waals surface area contributed by atoms with Crippen LogP contribution in [0.1, 0.15) is 21.5 Å². The van der Waals surface area contributed by atoms with Crippen molar-refractivity contribution >= 4 is 18.0 Å². The second-order valence-corrected chi connectivity index (χ2v) is 5.41. The summed E-state index contributed by atoms with van der Waals surface area (Å²) in [7, 11) is 3.09. The molecule has 0 aliphatic carbocycles. The Kier molecular flexibility index (Phi) is 6.73. The average molecular weight is 355 g/mol. The smallest absolute Gasteiger partial charge is 0.259 e. The molecule has 0 spiro atoms. The Hall–Kier alpha value is -3.35. The van der Waals surface area contributed by atoms with Gasteiger partial charge in [-0.25, -0.2) is 5.43 Å². The number of hydrogen-bond donors (Lipinski definition) is 2. The van der Waals surface area contributed by atoms with Gasteiger partial charge in [-0.05, 0) is 42.3 Å². The van der Waals surface area contributed by atoms with Crippen LogP contribution in [0.3, 0.4) is 0 Å². The van der Waals surface area contributed by atoms with Crippen LogP contribution >= 0.6 is 0 Å². The Bertz CT molecular complexity index is 818. The third-order valence-electron chi connectivity index (χ3n) is 3.61. The van der Waals surface area contributed by atoms with Gasteiger partial charge >= 0.3 is 0 Å². The van der Waals surface area contributed by atoms with E-state index in [1.165, 1.54) is 13.3 Å². The standard InChI is InChI=1S/C19H21N3O4/c1-13-6-4-5-7-15(13)19(24)20-12-18(23)22-21-11-14-8-9-16(25-2)17(10-14)26-3/h4-11H,12H2,1-3H3,(H,20,24)(H,22,23). The van der Waals surface area contributed by atoms with Gasteiger partial charge in [0.25, 0.3) is 11.8 Å². The Morgan fingerprint density at radius 3 is 2.50 bits per heavy atom. The lowest BCUT2D eigenvalue weighted by atomic mass is 10.1. The first-order valence-electron chi connectivity index (χ1n) is 7.93. The highest BCUT2D eigenvalue weighted by atomic mass is 16.5. The summed E-state index contributed by atoms with van der Waals surface area (Å²) < 4.78 is 10.4. The molecule has 136 valence electrons. The normalized spacial score (nSPS) is 10.4. The summed E-state index contributed by atoms with van der Waals surface area (Å²) in [4.78, 5) is 23.8. The summed E-state index contributed by atoms with van der Waals surface area (Å²) in [5, 5.41) is 6.43. The third-order valence-corrected chi connectivity index (χ3v) is 3.61. The molecular formula is C19H21N3O4. The molecule has 0 saturated heterocycles. The van der Waals surface area contributed by atoms with Gasteiger partial charge in [-0.2, -0.15) is 5.10 Å². The van der Waals surface area contributed by atoms with Gasteiger partial charge < -0.3 is 14.8 Å². The number of carbonyl (C=O) groups excluding carboxylic acids is 2. The van der Waals surface area contributed by atoms with Gasteiger partial charge in [0.1, 0.15) is 0 Å². The highest BCUT2D eigenvalue weighted by Gasteiger charge is 2.09. The van der Waals surface area contributed by atoms with E-state index in [0.29, 0.717) is 17.1 Å². The molecule has 7 heteroatoms. The largest absolute Gasteiger partial charge is 0.493 e. The number of carbonyl (C=O) groups is 2. The molecule has 26 heavy (non-hydrogen) atoms. The molecule has 0 bridgehead atoms. The molecule has 0 radical (unpaired) electrons. The van der Waals surface area contributed by atoms with Crippen molar-refractivity contribution in [1.29, 1.82) is 0 Å². The van der Waals surface area contributed by atoms with Gasteiger partial charge in [-0.3, -0.25) is 9.59 Å². The molecule has 2 aromatic rings. The first kappa shape index (κ1) is 19.0. The molecule has 2 rings (SSSR count). The Balaban J connectivity index is 1.86. The second-order valence-electron chi connectivity index (χ2n) is 5.41. The number of nitrogens with one attached hydrogen (secondary N) is 2. The van der Waals surface area contributed by atoms with Gasteiger partial charge in [0, 0.05) is 5.56 Å². The monoisotopic (exact) mass is 355 g/mol. The molecular weight excluding hydrogens is 334 g/mol. The van der Waals surface area contributed by atoms with Crippen LogP contribution in [0.15, 0.2) is 47.6 Å². The number of aryl methyl sites for hydroxylation is 1. The van der Waals surface area contributed by atoms with E-state index in [9.17, 15) is 9.59 Å². The van der Waals surface area contributed by atoms with E-state index in [1.54, 1.807) is 37.4 Å². The number of rotatable bonds is 7. The SMILES string of the molecule is COc1ccc(C=NNC(=O)CNC(=O)c2ccccc2C)cc1OC. The molecule has 0 atom stereocenters. The molecule has 7 nitrogen and oxygen atoms in total. The first-order chi connectivity index (χ1) is 12.5. The van der Waals surface area contributed by atoms with Crippen LogP contribution in [0, 0.1) is 6.92 Å². The van der Waals surface area contributed by atoms with Crippen LogP contribution in [-0.2, 0) is 4.79 Å².